The van der Waals surface area contributed by atoms with Crippen molar-refractivity contribution in [1.82, 2.24) is 15.1 Å². The molecule has 0 radical (unpaired) electrons. The van der Waals surface area contributed by atoms with Crippen LogP contribution in [0.5, 0.6) is 5.75 Å². The first-order valence-electron chi connectivity index (χ1n) is 7.70. The van der Waals surface area contributed by atoms with Gasteiger partial charge >= 0.3 is 0 Å². The second-order valence-corrected chi connectivity index (χ2v) is 5.18. The van der Waals surface area contributed by atoms with Crippen molar-refractivity contribution in [2.75, 3.05) is 13.2 Å². The number of nitrogens with zero attached hydrogens (tertiary/aromatic N) is 2. The Kier molecular flexibility index (Phi) is 5.81. The number of unbranched alkanes of at least 4 members (excludes halogenated alkanes) is 1. The number of hydrogen-bond donors (Lipinski definition) is 1. The van der Waals surface area contributed by atoms with E-state index in [2.05, 4.69) is 42.5 Å². The van der Waals surface area contributed by atoms with E-state index in [0.29, 0.717) is 0 Å². The normalized spacial score (nSPS) is 12.3. The van der Waals surface area contributed by atoms with Crippen LogP contribution in [0.15, 0.2) is 36.5 Å². The molecule has 0 bridgehead atoms. The van der Waals surface area contributed by atoms with E-state index in [-0.39, 0.29) is 6.04 Å². The van der Waals surface area contributed by atoms with Gasteiger partial charge in [-0.1, -0.05) is 32.4 Å². The molecule has 0 amide bonds. The summed E-state index contributed by atoms with van der Waals surface area (Å²) in [7, 11) is 1.94. The Morgan fingerprint density at radius 3 is 2.52 bits per heavy atom. The molecule has 4 nitrogen and oxygen atoms in total. The van der Waals surface area contributed by atoms with E-state index in [9.17, 15) is 0 Å². The van der Waals surface area contributed by atoms with Gasteiger partial charge in [0.1, 0.15) is 5.75 Å². The molecular formula is C17H25N3O. The molecular weight excluding hydrogens is 262 g/mol. The van der Waals surface area contributed by atoms with Gasteiger partial charge in [-0.3, -0.25) is 4.68 Å². The number of benzene rings is 1. The molecule has 1 N–H and O–H groups in total. The third-order valence-electron chi connectivity index (χ3n) is 3.42. The highest BCUT2D eigenvalue weighted by Crippen LogP contribution is 2.23. The monoisotopic (exact) mass is 287 g/mol. The van der Waals surface area contributed by atoms with Crippen LogP contribution >= 0.6 is 0 Å². The lowest BCUT2D eigenvalue weighted by atomic mass is 10.0. The predicted molar refractivity (Wildman–Crippen MR) is 85.6 cm³/mol. The Hall–Kier alpha value is -1.81. The van der Waals surface area contributed by atoms with Gasteiger partial charge in [0.25, 0.3) is 0 Å². The zero-order chi connectivity index (χ0) is 15.1. The third kappa shape index (κ3) is 4.33. The molecule has 0 aliphatic carbocycles. The van der Waals surface area contributed by atoms with E-state index in [1.807, 2.05) is 30.1 Å². The number of aryl methyl sites for hydroxylation is 1. The maximum absolute atomic E-state index is 5.71. The molecule has 114 valence electrons. The van der Waals surface area contributed by atoms with Gasteiger partial charge in [-0.25, -0.2) is 0 Å². The molecule has 21 heavy (non-hydrogen) atoms. The van der Waals surface area contributed by atoms with Crippen LogP contribution in [0.3, 0.4) is 0 Å². The van der Waals surface area contributed by atoms with E-state index < -0.39 is 0 Å². The lowest BCUT2D eigenvalue weighted by molar-refractivity contribution is 0.309. The fourth-order valence-corrected chi connectivity index (χ4v) is 2.28. The molecule has 1 aromatic carbocycles. The molecule has 0 fully saturated rings. The summed E-state index contributed by atoms with van der Waals surface area (Å²) in [6.07, 6.45) is 4.22. The Morgan fingerprint density at radius 1 is 1.19 bits per heavy atom. The van der Waals surface area contributed by atoms with Gasteiger partial charge in [-0.15, -0.1) is 0 Å². The smallest absolute Gasteiger partial charge is 0.119 e. The molecule has 0 spiro atoms. The maximum Gasteiger partial charge on any atom is 0.119 e. The minimum absolute atomic E-state index is 0.126. The molecule has 1 unspecified atom stereocenters. The molecule has 1 heterocycles. The fourth-order valence-electron chi connectivity index (χ4n) is 2.28. The Morgan fingerprint density at radius 2 is 1.95 bits per heavy atom. The zero-order valence-electron chi connectivity index (χ0n) is 13.2. The summed E-state index contributed by atoms with van der Waals surface area (Å²) in [4.78, 5) is 0. The minimum Gasteiger partial charge on any atom is -0.494 e. The summed E-state index contributed by atoms with van der Waals surface area (Å²) in [5.41, 5.74) is 2.25. The lowest BCUT2D eigenvalue weighted by Gasteiger charge is -2.16. The van der Waals surface area contributed by atoms with E-state index in [0.717, 1.165) is 37.4 Å². The topological polar surface area (TPSA) is 39.1 Å². The first kappa shape index (κ1) is 15.6. The van der Waals surface area contributed by atoms with Gasteiger partial charge in [0, 0.05) is 13.2 Å². The SMILES string of the molecule is CCCCOc1ccc(C(NCC)c2ccn(C)n2)cc1. The molecule has 2 aromatic rings. The van der Waals surface area contributed by atoms with Crippen LogP contribution in [0, 0.1) is 0 Å². The van der Waals surface area contributed by atoms with Crippen molar-refractivity contribution in [3.63, 3.8) is 0 Å². The maximum atomic E-state index is 5.71. The largest absolute Gasteiger partial charge is 0.494 e. The third-order valence-corrected chi connectivity index (χ3v) is 3.42. The van der Waals surface area contributed by atoms with Crippen LogP contribution < -0.4 is 10.1 Å². The summed E-state index contributed by atoms with van der Waals surface area (Å²) < 4.78 is 7.55. The van der Waals surface area contributed by atoms with Crippen LogP contribution in [0.25, 0.3) is 0 Å². The Labute approximate surface area is 127 Å². The molecule has 0 saturated heterocycles. The summed E-state index contributed by atoms with van der Waals surface area (Å²) in [6.45, 7) is 5.96. The van der Waals surface area contributed by atoms with Crippen molar-refractivity contribution in [2.24, 2.45) is 7.05 Å². The van der Waals surface area contributed by atoms with Crippen LogP contribution in [0.1, 0.15) is 44.0 Å². The van der Waals surface area contributed by atoms with Crippen molar-refractivity contribution >= 4 is 0 Å². The van der Waals surface area contributed by atoms with Crippen molar-refractivity contribution in [3.8, 4) is 5.75 Å². The average Bonchev–Trinajstić information content (AvgIpc) is 2.92. The Balaban J connectivity index is 2.10. The quantitative estimate of drug-likeness (QED) is 0.757. The van der Waals surface area contributed by atoms with E-state index in [1.54, 1.807) is 0 Å². The zero-order valence-corrected chi connectivity index (χ0v) is 13.2. The predicted octanol–water partition coefficient (Wildman–Crippen LogP) is 3.30. The molecule has 0 saturated carbocycles. The first-order chi connectivity index (χ1) is 10.2. The van der Waals surface area contributed by atoms with E-state index >= 15 is 0 Å². The van der Waals surface area contributed by atoms with Gasteiger partial charge in [0.15, 0.2) is 0 Å². The van der Waals surface area contributed by atoms with E-state index in [4.69, 9.17) is 4.74 Å². The van der Waals surface area contributed by atoms with Gasteiger partial charge in [0.05, 0.1) is 18.3 Å². The van der Waals surface area contributed by atoms with Crippen LogP contribution in [0.2, 0.25) is 0 Å². The minimum atomic E-state index is 0.126. The Bertz CT molecular complexity index is 533. The van der Waals surface area contributed by atoms with Gasteiger partial charge in [-0.2, -0.15) is 5.10 Å². The number of ether oxygens (including phenoxy) is 1. The highest BCUT2D eigenvalue weighted by molar-refractivity contribution is 5.33. The van der Waals surface area contributed by atoms with Gasteiger partial charge in [0.2, 0.25) is 0 Å². The highest BCUT2D eigenvalue weighted by atomic mass is 16.5. The second-order valence-electron chi connectivity index (χ2n) is 5.18. The van der Waals surface area contributed by atoms with Crippen molar-refractivity contribution in [1.29, 1.82) is 0 Å². The lowest BCUT2D eigenvalue weighted by Crippen LogP contribution is -2.22. The molecule has 0 aliphatic heterocycles. The molecule has 1 atom stereocenters. The fraction of sp³-hybridized carbons (Fsp3) is 0.471. The average molecular weight is 287 g/mol. The van der Waals surface area contributed by atoms with E-state index in [1.165, 1.54) is 5.56 Å². The number of aromatic nitrogens is 2. The molecule has 0 aliphatic rings. The highest BCUT2D eigenvalue weighted by Gasteiger charge is 2.15. The molecule has 2 rings (SSSR count). The number of rotatable bonds is 8. The summed E-state index contributed by atoms with van der Waals surface area (Å²) in [5.74, 6) is 0.934. The number of nitrogens with one attached hydrogen (secondary N) is 1. The molecule has 1 aromatic heterocycles. The van der Waals surface area contributed by atoms with Gasteiger partial charge < -0.3 is 10.1 Å². The van der Waals surface area contributed by atoms with Crippen molar-refractivity contribution in [3.05, 3.63) is 47.8 Å². The standard InChI is InChI=1S/C17H25N3O/c1-4-6-13-21-15-9-7-14(8-10-15)17(18-5-2)16-11-12-20(3)19-16/h7-12,17-18H,4-6,13H2,1-3H3. The molecule has 4 heteroatoms. The second kappa shape index (κ2) is 7.84. The summed E-state index contributed by atoms with van der Waals surface area (Å²) >= 11 is 0. The van der Waals surface area contributed by atoms with Crippen LogP contribution in [-0.2, 0) is 7.05 Å². The van der Waals surface area contributed by atoms with Crippen molar-refractivity contribution in [2.45, 2.75) is 32.7 Å². The van der Waals surface area contributed by atoms with Crippen molar-refractivity contribution < 1.29 is 4.74 Å². The summed E-state index contributed by atoms with van der Waals surface area (Å²) in [6, 6.07) is 10.5. The number of hydrogen-bond acceptors (Lipinski definition) is 3. The van der Waals surface area contributed by atoms with Crippen LogP contribution in [-0.4, -0.2) is 22.9 Å². The van der Waals surface area contributed by atoms with Gasteiger partial charge in [-0.05, 0) is 36.7 Å². The van der Waals surface area contributed by atoms with Crippen LogP contribution in [0.4, 0.5) is 0 Å². The first-order valence-corrected chi connectivity index (χ1v) is 7.70. The summed E-state index contributed by atoms with van der Waals surface area (Å²) in [5, 5.41) is 8.00.